The maximum atomic E-state index is 14.3. The van der Waals surface area contributed by atoms with Crippen LogP contribution in [0.4, 0.5) is 13.8 Å². The number of rotatable bonds is 3. The lowest BCUT2D eigenvalue weighted by Gasteiger charge is -2.42. The first-order valence-electron chi connectivity index (χ1n) is 10.6. The molecule has 4 aromatic rings. The Morgan fingerprint density at radius 3 is 2.42 bits per heavy atom. The zero-order valence-electron chi connectivity index (χ0n) is 18.7. The minimum absolute atomic E-state index is 0.179. The van der Waals surface area contributed by atoms with Gasteiger partial charge in [-0.25, -0.2) is 13.8 Å². The van der Waals surface area contributed by atoms with Gasteiger partial charge in [-0.2, -0.15) is 0 Å². The SMILES string of the molecule is CC1(C)Cc2c(sc(NC(=O)c3c(F)cccc3F)c2-c2nc3ccccc3s2)C(C)(C)N1. The number of carbonyl (C=O) groups excluding carboxylic acids is 1. The summed E-state index contributed by atoms with van der Waals surface area (Å²) in [5.41, 5.74) is 1.71. The van der Waals surface area contributed by atoms with Crippen molar-refractivity contribution < 1.29 is 13.6 Å². The quantitative estimate of drug-likeness (QED) is 0.340. The molecule has 5 rings (SSSR count). The van der Waals surface area contributed by atoms with Crippen LogP contribution in [-0.2, 0) is 12.0 Å². The van der Waals surface area contributed by atoms with Crippen molar-refractivity contribution in [2.75, 3.05) is 5.32 Å². The third-order valence-corrected chi connectivity index (χ3v) is 8.29. The summed E-state index contributed by atoms with van der Waals surface area (Å²) in [6, 6.07) is 11.3. The maximum Gasteiger partial charge on any atom is 0.262 e. The topological polar surface area (TPSA) is 54.0 Å². The number of thiazole rings is 1. The molecule has 0 saturated carbocycles. The van der Waals surface area contributed by atoms with Crippen molar-refractivity contribution in [2.45, 2.75) is 45.2 Å². The van der Waals surface area contributed by atoms with Gasteiger partial charge in [0, 0.05) is 21.5 Å². The van der Waals surface area contributed by atoms with Gasteiger partial charge in [0.05, 0.1) is 10.2 Å². The van der Waals surface area contributed by atoms with E-state index in [2.05, 4.69) is 38.3 Å². The fourth-order valence-electron chi connectivity index (χ4n) is 4.70. The van der Waals surface area contributed by atoms with Gasteiger partial charge in [0.25, 0.3) is 5.91 Å². The highest BCUT2D eigenvalue weighted by molar-refractivity contribution is 7.23. The largest absolute Gasteiger partial charge is 0.313 e. The molecule has 2 aromatic heterocycles. The Morgan fingerprint density at radius 1 is 1.03 bits per heavy atom. The molecule has 0 radical (unpaired) electrons. The van der Waals surface area contributed by atoms with Crippen molar-refractivity contribution >= 4 is 43.8 Å². The Hall–Kier alpha value is -2.68. The molecular weight excluding hydrogens is 460 g/mol. The van der Waals surface area contributed by atoms with E-state index in [1.54, 1.807) is 11.3 Å². The second-order valence-electron chi connectivity index (χ2n) is 9.46. The number of hydrogen-bond acceptors (Lipinski definition) is 5. The number of thiophene rings is 1. The molecule has 4 nitrogen and oxygen atoms in total. The number of nitrogens with one attached hydrogen (secondary N) is 2. The second-order valence-corrected chi connectivity index (χ2v) is 11.5. The summed E-state index contributed by atoms with van der Waals surface area (Å²) in [6.45, 7) is 8.50. The van der Waals surface area contributed by atoms with Crippen LogP contribution < -0.4 is 10.6 Å². The molecule has 2 N–H and O–H groups in total. The minimum atomic E-state index is -0.890. The predicted molar refractivity (Wildman–Crippen MR) is 131 cm³/mol. The average molecular weight is 484 g/mol. The van der Waals surface area contributed by atoms with Gasteiger partial charge in [-0.15, -0.1) is 22.7 Å². The van der Waals surface area contributed by atoms with E-state index < -0.39 is 23.1 Å². The highest BCUT2D eigenvalue weighted by atomic mass is 32.1. The van der Waals surface area contributed by atoms with Gasteiger partial charge in [0.15, 0.2) is 0 Å². The van der Waals surface area contributed by atoms with Crippen LogP contribution >= 0.6 is 22.7 Å². The summed E-state index contributed by atoms with van der Waals surface area (Å²) in [5, 5.41) is 7.82. The molecule has 0 spiro atoms. The smallest absolute Gasteiger partial charge is 0.262 e. The van der Waals surface area contributed by atoms with E-state index in [1.165, 1.54) is 17.4 Å². The summed E-state index contributed by atoms with van der Waals surface area (Å²) in [7, 11) is 0. The van der Waals surface area contributed by atoms with Gasteiger partial charge in [-0.1, -0.05) is 18.2 Å². The lowest BCUT2D eigenvalue weighted by molar-refractivity contribution is 0.101. The molecule has 0 fully saturated rings. The van der Waals surface area contributed by atoms with Crippen LogP contribution in [0.25, 0.3) is 20.8 Å². The molecule has 0 unspecified atom stereocenters. The van der Waals surface area contributed by atoms with Crippen molar-refractivity contribution in [1.29, 1.82) is 0 Å². The van der Waals surface area contributed by atoms with E-state index in [-0.39, 0.29) is 11.1 Å². The zero-order valence-corrected chi connectivity index (χ0v) is 20.3. The number of halogens is 2. The molecule has 2 aromatic carbocycles. The van der Waals surface area contributed by atoms with E-state index >= 15 is 0 Å². The van der Waals surface area contributed by atoms with Crippen LogP contribution in [0, 0.1) is 11.6 Å². The number of hydrogen-bond donors (Lipinski definition) is 2. The summed E-state index contributed by atoms with van der Waals surface area (Å²) in [6.07, 6.45) is 0.734. The van der Waals surface area contributed by atoms with Gasteiger partial charge >= 0.3 is 0 Å². The van der Waals surface area contributed by atoms with Crippen LogP contribution in [0.2, 0.25) is 0 Å². The Balaban J connectivity index is 1.69. The fraction of sp³-hybridized carbons (Fsp3) is 0.280. The molecule has 3 heterocycles. The molecule has 8 heteroatoms. The maximum absolute atomic E-state index is 14.3. The highest BCUT2D eigenvalue weighted by Gasteiger charge is 2.41. The normalized spacial score (nSPS) is 16.5. The van der Waals surface area contributed by atoms with E-state index in [1.807, 2.05) is 24.3 Å². The number of benzene rings is 2. The molecular formula is C25H23F2N3OS2. The lowest BCUT2D eigenvalue weighted by atomic mass is 9.81. The number of amides is 1. The van der Waals surface area contributed by atoms with E-state index in [4.69, 9.17) is 4.98 Å². The van der Waals surface area contributed by atoms with Gasteiger partial charge < -0.3 is 10.6 Å². The van der Waals surface area contributed by atoms with E-state index in [0.717, 1.165) is 49.8 Å². The minimum Gasteiger partial charge on any atom is -0.313 e. The lowest BCUT2D eigenvalue weighted by Crippen LogP contribution is -2.54. The molecule has 1 amide bonds. The molecule has 0 bridgehead atoms. The van der Waals surface area contributed by atoms with Gasteiger partial charge in [-0.05, 0) is 63.9 Å². The summed E-state index contributed by atoms with van der Waals surface area (Å²) in [5.74, 6) is -2.59. The standard InChI is InChI=1S/C25H23F2N3OS2/c1-24(2)12-13-18(22-28-16-10-5-6-11-17(16)32-22)23(33-20(13)25(3,4)30-24)29-21(31)19-14(26)8-7-9-15(19)27/h5-11,30H,12H2,1-4H3,(H,29,31). The number of carbonyl (C=O) groups is 1. The highest BCUT2D eigenvalue weighted by Crippen LogP contribution is 2.50. The van der Waals surface area contributed by atoms with Gasteiger partial charge in [0.1, 0.15) is 27.2 Å². The van der Waals surface area contributed by atoms with Gasteiger partial charge in [-0.3, -0.25) is 4.79 Å². The monoisotopic (exact) mass is 483 g/mol. The molecule has 0 aliphatic carbocycles. The summed E-state index contributed by atoms with van der Waals surface area (Å²) >= 11 is 2.98. The third kappa shape index (κ3) is 3.86. The number of para-hydroxylation sites is 1. The summed E-state index contributed by atoms with van der Waals surface area (Å²) < 4.78 is 29.6. The van der Waals surface area contributed by atoms with Crippen molar-refractivity contribution in [2.24, 2.45) is 0 Å². The molecule has 0 saturated heterocycles. The number of anilines is 1. The predicted octanol–water partition coefficient (Wildman–Crippen LogP) is 6.71. The Morgan fingerprint density at radius 2 is 1.73 bits per heavy atom. The van der Waals surface area contributed by atoms with Crippen LogP contribution in [0.15, 0.2) is 42.5 Å². The Bertz CT molecular complexity index is 1350. The number of fused-ring (bicyclic) bond motifs is 2. The van der Waals surface area contributed by atoms with Crippen LogP contribution in [-0.4, -0.2) is 16.4 Å². The van der Waals surface area contributed by atoms with Crippen molar-refractivity contribution in [3.05, 3.63) is 70.1 Å². The fourth-order valence-corrected chi connectivity index (χ4v) is 7.08. The molecule has 0 atom stereocenters. The average Bonchev–Trinajstić information content (AvgIpc) is 3.27. The van der Waals surface area contributed by atoms with Crippen LogP contribution in [0.5, 0.6) is 0 Å². The van der Waals surface area contributed by atoms with Crippen molar-refractivity contribution in [3.8, 4) is 10.6 Å². The molecule has 33 heavy (non-hydrogen) atoms. The zero-order chi connectivity index (χ0) is 23.5. The third-order valence-electron chi connectivity index (χ3n) is 5.77. The van der Waals surface area contributed by atoms with Gasteiger partial charge in [0.2, 0.25) is 0 Å². The van der Waals surface area contributed by atoms with Crippen molar-refractivity contribution in [1.82, 2.24) is 10.3 Å². The molecule has 1 aliphatic heterocycles. The second kappa shape index (κ2) is 7.68. The van der Waals surface area contributed by atoms with E-state index in [9.17, 15) is 13.6 Å². The number of aromatic nitrogens is 1. The first-order chi connectivity index (χ1) is 15.6. The summed E-state index contributed by atoms with van der Waals surface area (Å²) in [4.78, 5) is 18.9. The first kappa shape index (κ1) is 22.1. The Kier molecular flexibility index (Phi) is 5.15. The number of nitrogens with zero attached hydrogens (tertiary/aromatic N) is 1. The molecule has 170 valence electrons. The van der Waals surface area contributed by atoms with Crippen molar-refractivity contribution in [3.63, 3.8) is 0 Å². The van der Waals surface area contributed by atoms with E-state index in [0.29, 0.717) is 5.00 Å². The first-order valence-corrected chi connectivity index (χ1v) is 12.3. The van der Waals surface area contributed by atoms with Crippen LogP contribution in [0.1, 0.15) is 48.5 Å². The van der Waals surface area contributed by atoms with Crippen LogP contribution in [0.3, 0.4) is 0 Å². The Labute approximate surface area is 198 Å². The molecule has 1 aliphatic rings.